The molecule has 108 valence electrons. The van der Waals surface area contributed by atoms with Gasteiger partial charge in [-0.15, -0.1) is 0 Å². The second-order valence-electron chi connectivity index (χ2n) is 5.11. The SMILES string of the molecule is N#Cc1cccc(F)c1C1=CCCc2ccc(C(=O)O)cc21. The van der Waals surface area contributed by atoms with Crippen molar-refractivity contribution in [2.24, 2.45) is 0 Å². The third-order valence-electron chi connectivity index (χ3n) is 3.81. The van der Waals surface area contributed by atoms with Crippen LogP contribution in [0.5, 0.6) is 0 Å². The number of rotatable bonds is 2. The number of halogens is 1. The summed E-state index contributed by atoms with van der Waals surface area (Å²) in [4.78, 5) is 11.2. The van der Waals surface area contributed by atoms with Crippen LogP contribution in [0.3, 0.4) is 0 Å². The first-order valence-electron chi connectivity index (χ1n) is 6.87. The molecular weight excluding hydrogens is 281 g/mol. The van der Waals surface area contributed by atoms with Gasteiger partial charge >= 0.3 is 5.97 Å². The number of carboxylic acids is 1. The van der Waals surface area contributed by atoms with E-state index in [0.29, 0.717) is 11.1 Å². The van der Waals surface area contributed by atoms with Crippen molar-refractivity contribution in [3.05, 3.63) is 76.1 Å². The number of nitriles is 1. The van der Waals surface area contributed by atoms with E-state index in [1.807, 2.05) is 12.1 Å². The first kappa shape index (κ1) is 14.0. The van der Waals surface area contributed by atoms with E-state index < -0.39 is 11.8 Å². The Morgan fingerprint density at radius 1 is 1.27 bits per heavy atom. The molecular formula is C18H12FNO2. The fourth-order valence-corrected chi connectivity index (χ4v) is 2.79. The molecule has 0 amide bonds. The van der Waals surface area contributed by atoms with Crippen LogP contribution in [0.2, 0.25) is 0 Å². The Morgan fingerprint density at radius 2 is 2.09 bits per heavy atom. The molecule has 0 atom stereocenters. The maximum Gasteiger partial charge on any atom is 0.335 e. The Morgan fingerprint density at radius 3 is 2.82 bits per heavy atom. The third kappa shape index (κ3) is 2.27. The summed E-state index contributed by atoms with van der Waals surface area (Å²) in [5.41, 5.74) is 2.90. The number of carboxylic acid groups (broad SMARTS) is 1. The summed E-state index contributed by atoms with van der Waals surface area (Å²) in [7, 11) is 0. The van der Waals surface area contributed by atoms with Crippen LogP contribution >= 0.6 is 0 Å². The number of aryl methyl sites for hydroxylation is 1. The molecule has 0 saturated carbocycles. The van der Waals surface area contributed by atoms with Gasteiger partial charge in [0.15, 0.2) is 0 Å². The molecule has 0 aliphatic heterocycles. The lowest BCUT2D eigenvalue weighted by Crippen LogP contribution is -2.07. The van der Waals surface area contributed by atoms with E-state index in [2.05, 4.69) is 0 Å². The van der Waals surface area contributed by atoms with Crippen LogP contribution in [-0.4, -0.2) is 11.1 Å². The molecule has 0 heterocycles. The molecule has 4 heteroatoms. The first-order chi connectivity index (χ1) is 10.6. The maximum absolute atomic E-state index is 14.3. The van der Waals surface area contributed by atoms with Gasteiger partial charge in [-0.2, -0.15) is 5.26 Å². The minimum atomic E-state index is -1.03. The normalized spacial score (nSPS) is 13.0. The van der Waals surface area contributed by atoms with E-state index in [-0.39, 0.29) is 16.7 Å². The van der Waals surface area contributed by atoms with Crippen molar-refractivity contribution in [2.45, 2.75) is 12.8 Å². The van der Waals surface area contributed by atoms with Crippen molar-refractivity contribution in [1.29, 1.82) is 5.26 Å². The lowest BCUT2D eigenvalue weighted by molar-refractivity contribution is 0.0697. The minimum absolute atomic E-state index is 0.154. The first-order valence-corrected chi connectivity index (χ1v) is 6.87. The van der Waals surface area contributed by atoms with Crippen LogP contribution in [0.25, 0.3) is 5.57 Å². The van der Waals surface area contributed by atoms with Crippen molar-refractivity contribution in [3.8, 4) is 6.07 Å². The molecule has 22 heavy (non-hydrogen) atoms. The van der Waals surface area contributed by atoms with Crippen molar-refractivity contribution >= 4 is 11.5 Å². The molecule has 0 saturated heterocycles. The van der Waals surface area contributed by atoms with Crippen LogP contribution in [-0.2, 0) is 6.42 Å². The molecule has 1 aliphatic rings. The average Bonchev–Trinajstić information content (AvgIpc) is 2.53. The molecule has 0 fully saturated rings. The number of benzene rings is 2. The van der Waals surface area contributed by atoms with Gasteiger partial charge in [0, 0.05) is 5.56 Å². The van der Waals surface area contributed by atoms with Gasteiger partial charge in [-0.05, 0) is 53.8 Å². The van der Waals surface area contributed by atoms with E-state index in [0.717, 1.165) is 18.4 Å². The zero-order valence-electron chi connectivity index (χ0n) is 11.6. The van der Waals surface area contributed by atoms with Gasteiger partial charge in [-0.1, -0.05) is 18.2 Å². The Kier molecular flexibility index (Phi) is 3.48. The number of hydrogen-bond donors (Lipinski definition) is 1. The largest absolute Gasteiger partial charge is 0.478 e. The molecule has 0 bridgehead atoms. The molecule has 3 rings (SSSR count). The summed E-state index contributed by atoms with van der Waals surface area (Å²) in [5, 5.41) is 18.4. The third-order valence-corrected chi connectivity index (χ3v) is 3.81. The average molecular weight is 293 g/mol. The van der Waals surface area contributed by atoms with Gasteiger partial charge < -0.3 is 5.11 Å². The highest BCUT2D eigenvalue weighted by atomic mass is 19.1. The molecule has 2 aromatic carbocycles. The van der Waals surface area contributed by atoms with Gasteiger partial charge in [0.1, 0.15) is 5.82 Å². The van der Waals surface area contributed by atoms with Crippen molar-refractivity contribution in [2.75, 3.05) is 0 Å². The van der Waals surface area contributed by atoms with E-state index in [4.69, 9.17) is 5.11 Å². The lowest BCUT2D eigenvalue weighted by atomic mass is 9.84. The van der Waals surface area contributed by atoms with Crippen molar-refractivity contribution in [1.82, 2.24) is 0 Å². The number of hydrogen-bond acceptors (Lipinski definition) is 2. The zero-order chi connectivity index (χ0) is 15.7. The summed E-state index contributed by atoms with van der Waals surface area (Å²) in [6, 6.07) is 11.2. The number of allylic oxidation sites excluding steroid dienone is 1. The van der Waals surface area contributed by atoms with E-state index in [9.17, 15) is 14.4 Å². The summed E-state index contributed by atoms with van der Waals surface area (Å²) < 4.78 is 14.3. The predicted octanol–water partition coefficient (Wildman–Crippen LogP) is 3.77. The molecule has 1 N–H and O–H groups in total. The van der Waals surface area contributed by atoms with Gasteiger partial charge in [0.05, 0.1) is 17.2 Å². The summed E-state index contributed by atoms with van der Waals surface area (Å²) in [6.45, 7) is 0. The van der Waals surface area contributed by atoms with Gasteiger partial charge in [-0.25, -0.2) is 9.18 Å². The zero-order valence-corrected chi connectivity index (χ0v) is 11.6. The second-order valence-corrected chi connectivity index (χ2v) is 5.11. The molecule has 3 nitrogen and oxygen atoms in total. The topological polar surface area (TPSA) is 61.1 Å². The van der Waals surface area contributed by atoms with Gasteiger partial charge in [-0.3, -0.25) is 0 Å². The number of fused-ring (bicyclic) bond motifs is 1. The highest BCUT2D eigenvalue weighted by molar-refractivity contribution is 5.92. The Bertz CT molecular complexity index is 847. The smallest absolute Gasteiger partial charge is 0.335 e. The molecule has 0 aromatic heterocycles. The van der Waals surface area contributed by atoms with Crippen LogP contribution in [0.15, 0.2) is 42.5 Å². The second kappa shape index (κ2) is 5.45. The van der Waals surface area contributed by atoms with Gasteiger partial charge in [0.2, 0.25) is 0 Å². The molecule has 2 aromatic rings. The summed E-state index contributed by atoms with van der Waals surface area (Å²) in [6.07, 6.45) is 3.37. The highest BCUT2D eigenvalue weighted by Gasteiger charge is 2.21. The number of carbonyl (C=O) groups is 1. The number of nitrogens with zero attached hydrogens (tertiary/aromatic N) is 1. The standard InChI is InChI=1S/C18H12FNO2/c19-16-6-2-4-13(10-20)17(16)14-5-1-3-11-7-8-12(18(21)22)9-15(11)14/h2,4-9H,1,3H2,(H,21,22). The van der Waals surface area contributed by atoms with E-state index in [1.165, 1.54) is 12.1 Å². The molecule has 0 spiro atoms. The molecule has 0 radical (unpaired) electrons. The molecule has 0 unspecified atom stereocenters. The van der Waals surface area contributed by atoms with Crippen LogP contribution in [0.4, 0.5) is 4.39 Å². The Hall–Kier alpha value is -2.93. The Labute approximate surface area is 126 Å². The highest BCUT2D eigenvalue weighted by Crippen LogP contribution is 2.35. The van der Waals surface area contributed by atoms with E-state index >= 15 is 0 Å². The van der Waals surface area contributed by atoms with Crippen LogP contribution < -0.4 is 0 Å². The van der Waals surface area contributed by atoms with E-state index in [1.54, 1.807) is 24.3 Å². The Balaban J connectivity index is 2.24. The minimum Gasteiger partial charge on any atom is -0.478 e. The quantitative estimate of drug-likeness (QED) is 0.916. The summed E-state index contributed by atoms with van der Waals surface area (Å²) in [5.74, 6) is -1.50. The van der Waals surface area contributed by atoms with Crippen molar-refractivity contribution < 1.29 is 14.3 Å². The summed E-state index contributed by atoms with van der Waals surface area (Å²) >= 11 is 0. The van der Waals surface area contributed by atoms with Crippen LogP contribution in [0.1, 0.15) is 39.0 Å². The van der Waals surface area contributed by atoms with Gasteiger partial charge in [0.25, 0.3) is 0 Å². The monoisotopic (exact) mass is 293 g/mol. The predicted molar refractivity (Wildman–Crippen MR) is 79.9 cm³/mol. The van der Waals surface area contributed by atoms with Crippen molar-refractivity contribution in [3.63, 3.8) is 0 Å². The fourth-order valence-electron chi connectivity index (χ4n) is 2.79. The fraction of sp³-hybridized carbons (Fsp3) is 0.111. The maximum atomic E-state index is 14.3. The number of aromatic carboxylic acids is 1. The van der Waals surface area contributed by atoms with Crippen LogP contribution in [0, 0.1) is 17.1 Å². The lowest BCUT2D eigenvalue weighted by Gasteiger charge is -2.20. The molecule has 1 aliphatic carbocycles.